The van der Waals surface area contributed by atoms with Crippen molar-refractivity contribution in [3.63, 3.8) is 0 Å². The normalized spacial score (nSPS) is 15.8. The summed E-state index contributed by atoms with van der Waals surface area (Å²) in [5.74, 6) is 0.641. The zero-order chi connectivity index (χ0) is 11.7. The van der Waals surface area contributed by atoms with Gasteiger partial charge in [0.2, 0.25) is 0 Å². The summed E-state index contributed by atoms with van der Waals surface area (Å²) in [4.78, 5) is 3.71. The second kappa shape index (κ2) is 4.47. The predicted octanol–water partition coefficient (Wildman–Crippen LogP) is 2.28. The number of nitrogens with zero attached hydrogens (tertiary/aromatic N) is 2. The lowest BCUT2D eigenvalue weighted by molar-refractivity contribution is 0.248. The van der Waals surface area contributed by atoms with Crippen molar-refractivity contribution in [2.24, 2.45) is 0 Å². The molecular weight excluding hydrogens is 230 g/mol. The number of hydrogen-bond donors (Lipinski definition) is 1. The predicted molar refractivity (Wildman–Crippen MR) is 70.8 cm³/mol. The highest BCUT2D eigenvalue weighted by molar-refractivity contribution is 7.06. The molecule has 1 aliphatic heterocycles. The Kier molecular flexibility index (Phi) is 2.82. The molecular formula is C13H15N3S. The molecule has 88 valence electrons. The van der Waals surface area contributed by atoms with E-state index in [4.69, 9.17) is 5.73 Å². The molecule has 2 N–H and O–H groups in total. The number of hydrogen-bond acceptors (Lipinski definition) is 4. The van der Waals surface area contributed by atoms with Crippen LogP contribution in [-0.2, 0) is 19.5 Å². The molecule has 0 atom stereocenters. The molecule has 0 saturated carbocycles. The van der Waals surface area contributed by atoms with E-state index >= 15 is 0 Å². The number of nitrogens with two attached hydrogens (primary N) is 1. The van der Waals surface area contributed by atoms with Gasteiger partial charge in [0.05, 0.1) is 0 Å². The van der Waals surface area contributed by atoms with Gasteiger partial charge in [-0.3, -0.25) is 4.90 Å². The largest absolute Gasteiger partial charge is 0.383 e. The van der Waals surface area contributed by atoms with Crippen molar-refractivity contribution in [2.45, 2.75) is 19.5 Å². The molecule has 2 aromatic rings. The molecule has 4 heteroatoms. The Hall–Kier alpha value is -1.39. The molecule has 1 aromatic carbocycles. The van der Waals surface area contributed by atoms with Crippen LogP contribution in [0.1, 0.15) is 16.0 Å². The molecule has 0 aliphatic carbocycles. The van der Waals surface area contributed by atoms with E-state index < -0.39 is 0 Å². The molecule has 0 spiro atoms. The van der Waals surface area contributed by atoms with Gasteiger partial charge in [0.1, 0.15) is 5.82 Å². The van der Waals surface area contributed by atoms with Crippen LogP contribution < -0.4 is 5.73 Å². The fraction of sp³-hybridized carbons (Fsp3) is 0.308. The lowest BCUT2D eigenvalue weighted by Crippen LogP contribution is -2.29. The summed E-state index contributed by atoms with van der Waals surface area (Å²) in [7, 11) is 0. The van der Waals surface area contributed by atoms with Gasteiger partial charge in [-0.2, -0.15) is 4.37 Å². The van der Waals surface area contributed by atoms with Crippen molar-refractivity contribution in [3.05, 3.63) is 46.3 Å². The lowest BCUT2D eigenvalue weighted by Gasteiger charge is -2.28. The highest BCUT2D eigenvalue weighted by Gasteiger charge is 2.16. The number of rotatable bonds is 2. The van der Waals surface area contributed by atoms with Crippen LogP contribution in [-0.4, -0.2) is 15.8 Å². The van der Waals surface area contributed by atoms with E-state index in [1.165, 1.54) is 27.5 Å². The van der Waals surface area contributed by atoms with E-state index in [0.717, 1.165) is 26.1 Å². The minimum atomic E-state index is 0.641. The number of aromatic nitrogens is 1. The fourth-order valence-electron chi connectivity index (χ4n) is 2.31. The van der Waals surface area contributed by atoms with Crippen LogP contribution in [0.2, 0.25) is 0 Å². The molecule has 0 saturated heterocycles. The summed E-state index contributed by atoms with van der Waals surface area (Å²) in [6.45, 7) is 3.12. The van der Waals surface area contributed by atoms with Crippen molar-refractivity contribution in [3.8, 4) is 0 Å². The molecule has 0 fully saturated rings. The SMILES string of the molecule is Nc1cc(CN2CCc3ccccc3C2)sn1. The van der Waals surface area contributed by atoms with Crippen LogP contribution in [0, 0.1) is 0 Å². The van der Waals surface area contributed by atoms with E-state index in [-0.39, 0.29) is 0 Å². The van der Waals surface area contributed by atoms with E-state index in [9.17, 15) is 0 Å². The van der Waals surface area contributed by atoms with Gasteiger partial charge in [0.25, 0.3) is 0 Å². The molecule has 0 unspecified atom stereocenters. The molecule has 2 heterocycles. The van der Waals surface area contributed by atoms with E-state index in [1.54, 1.807) is 0 Å². The van der Waals surface area contributed by atoms with Gasteiger partial charge >= 0.3 is 0 Å². The van der Waals surface area contributed by atoms with Crippen molar-refractivity contribution in [2.75, 3.05) is 12.3 Å². The summed E-state index contributed by atoms with van der Waals surface area (Å²) in [6.07, 6.45) is 1.14. The van der Waals surface area contributed by atoms with E-state index in [0.29, 0.717) is 5.82 Å². The van der Waals surface area contributed by atoms with Crippen molar-refractivity contribution < 1.29 is 0 Å². The molecule has 3 nitrogen and oxygen atoms in total. The first-order valence-corrected chi connectivity index (χ1v) is 6.59. The van der Waals surface area contributed by atoms with Gasteiger partial charge in [0.15, 0.2) is 0 Å². The average molecular weight is 245 g/mol. The number of fused-ring (bicyclic) bond motifs is 1. The van der Waals surface area contributed by atoms with Gasteiger partial charge in [-0.05, 0) is 35.1 Å². The Morgan fingerprint density at radius 1 is 1.29 bits per heavy atom. The number of anilines is 1. The second-order valence-electron chi connectivity index (χ2n) is 4.45. The fourth-order valence-corrected chi connectivity index (χ4v) is 3.00. The molecule has 0 amide bonds. The Morgan fingerprint density at radius 3 is 2.88 bits per heavy atom. The Bertz CT molecular complexity index is 521. The Balaban J connectivity index is 1.72. The summed E-state index contributed by atoms with van der Waals surface area (Å²) in [5, 5.41) is 0. The van der Waals surface area contributed by atoms with Crippen molar-refractivity contribution >= 4 is 17.4 Å². The highest BCUT2D eigenvalue weighted by Crippen LogP contribution is 2.21. The minimum absolute atomic E-state index is 0.641. The molecule has 1 aromatic heterocycles. The van der Waals surface area contributed by atoms with Crippen LogP contribution >= 0.6 is 11.5 Å². The Labute approximate surface area is 105 Å². The monoisotopic (exact) mass is 245 g/mol. The zero-order valence-electron chi connectivity index (χ0n) is 9.60. The summed E-state index contributed by atoms with van der Waals surface area (Å²) < 4.78 is 4.12. The molecule has 1 aliphatic rings. The Morgan fingerprint density at radius 2 is 2.12 bits per heavy atom. The maximum atomic E-state index is 5.64. The number of benzene rings is 1. The quantitative estimate of drug-likeness (QED) is 0.882. The van der Waals surface area contributed by atoms with Gasteiger partial charge < -0.3 is 5.73 Å². The summed E-state index contributed by atoms with van der Waals surface area (Å²) >= 11 is 1.51. The zero-order valence-corrected chi connectivity index (χ0v) is 10.4. The van der Waals surface area contributed by atoms with Gasteiger partial charge in [-0.1, -0.05) is 24.3 Å². The third-order valence-electron chi connectivity index (χ3n) is 3.17. The average Bonchev–Trinajstić information content (AvgIpc) is 2.75. The van der Waals surface area contributed by atoms with Crippen LogP contribution in [0.3, 0.4) is 0 Å². The van der Waals surface area contributed by atoms with Crippen molar-refractivity contribution in [1.82, 2.24) is 9.27 Å². The maximum Gasteiger partial charge on any atom is 0.137 e. The topological polar surface area (TPSA) is 42.1 Å². The van der Waals surface area contributed by atoms with E-state index in [2.05, 4.69) is 33.5 Å². The van der Waals surface area contributed by atoms with Crippen LogP contribution in [0.5, 0.6) is 0 Å². The third-order valence-corrected chi connectivity index (χ3v) is 3.95. The molecule has 0 radical (unpaired) electrons. The van der Waals surface area contributed by atoms with E-state index in [1.807, 2.05) is 6.07 Å². The first-order chi connectivity index (χ1) is 8.31. The van der Waals surface area contributed by atoms with Gasteiger partial charge in [0, 0.05) is 24.5 Å². The van der Waals surface area contributed by atoms with Gasteiger partial charge in [-0.15, -0.1) is 0 Å². The molecule has 0 bridgehead atoms. The first kappa shape index (κ1) is 10.7. The smallest absolute Gasteiger partial charge is 0.137 e. The lowest BCUT2D eigenvalue weighted by atomic mass is 10.00. The van der Waals surface area contributed by atoms with Crippen molar-refractivity contribution in [1.29, 1.82) is 0 Å². The maximum absolute atomic E-state index is 5.64. The van der Waals surface area contributed by atoms with Crippen LogP contribution in [0.25, 0.3) is 0 Å². The summed E-state index contributed by atoms with van der Waals surface area (Å²) in [6, 6.07) is 10.7. The third kappa shape index (κ3) is 2.33. The highest BCUT2D eigenvalue weighted by atomic mass is 32.1. The molecule has 17 heavy (non-hydrogen) atoms. The number of nitrogen functional groups attached to an aromatic ring is 1. The summed E-state index contributed by atoms with van der Waals surface area (Å²) in [5.41, 5.74) is 8.59. The van der Waals surface area contributed by atoms with Gasteiger partial charge in [-0.25, -0.2) is 0 Å². The first-order valence-electron chi connectivity index (χ1n) is 5.81. The molecule has 3 rings (SSSR count). The minimum Gasteiger partial charge on any atom is -0.383 e. The van der Waals surface area contributed by atoms with Crippen LogP contribution in [0.15, 0.2) is 30.3 Å². The van der Waals surface area contributed by atoms with Crippen LogP contribution in [0.4, 0.5) is 5.82 Å². The second-order valence-corrected chi connectivity index (χ2v) is 5.34. The standard InChI is InChI=1S/C13H15N3S/c14-13-7-12(17-15-13)9-16-6-5-10-3-1-2-4-11(10)8-16/h1-4,7H,5-6,8-9H2,(H2,14,15).